The molecule has 0 amide bonds. The number of esters is 1. The Morgan fingerprint density at radius 2 is 2.25 bits per heavy atom. The zero-order chi connectivity index (χ0) is 11.8. The van der Waals surface area contributed by atoms with Crippen molar-refractivity contribution in [1.82, 2.24) is 5.32 Å². The van der Waals surface area contributed by atoms with Crippen LogP contribution >= 0.6 is 0 Å². The molecule has 0 atom stereocenters. The lowest BCUT2D eigenvalue weighted by Gasteiger charge is -2.00. The van der Waals surface area contributed by atoms with Gasteiger partial charge in [0.1, 0.15) is 5.76 Å². The standard InChI is InChI=1S/C12H19NO3/c1-3-5-8-13-9-10-6-7-11(16-10)12(14)15-4-2/h6-7,13H,3-5,8-9H2,1-2H3. The largest absolute Gasteiger partial charge is 0.460 e. The van der Waals surface area contributed by atoms with E-state index < -0.39 is 5.97 Å². The van der Waals surface area contributed by atoms with E-state index in [1.807, 2.05) is 0 Å². The summed E-state index contributed by atoms with van der Waals surface area (Å²) in [6.45, 7) is 5.90. The van der Waals surface area contributed by atoms with Gasteiger partial charge in [-0.1, -0.05) is 13.3 Å². The van der Waals surface area contributed by atoms with Crippen molar-refractivity contribution in [3.8, 4) is 0 Å². The van der Waals surface area contributed by atoms with Gasteiger partial charge in [-0.3, -0.25) is 0 Å². The number of ether oxygens (including phenoxy) is 1. The minimum atomic E-state index is -0.401. The predicted octanol–water partition coefficient (Wildman–Crippen LogP) is 2.35. The minimum absolute atomic E-state index is 0.272. The Labute approximate surface area is 96.0 Å². The van der Waals surface area contributed by atoms with Gasteiger partial charge in [0.25, 0.3) is 0 Å². The van der Waals surface area contributed by atoms with Gasteiger partial charge in [-0.05, 0) is 32.0 Å². The van der Waals surface area contributed by atoms with E-state index in [-0.39, 0.29) is 5.76 Å². The summed E-state index contributed by atoms with van der Waals surface area (Å²) in [5, 5.41) is 3.24. The van der Waals surface area contributed by atoms with Gasteiger partial charge in [-0.2, -0.15) is 0 Å². The molecule has 0 aliphatic carbocycles. The molecular weight excluding hydrogens is 206 g/mol. The van der Waals surface area contributed by atoms with E-state index >= 15 is 0 Å². The van der Waals surface area contributed by atoms with E-state index in [1.165, 1.54) is 6.42 Å². The molecule has 0 fully saturated rings. The molecule has 1 rings (SSSR count). The molecule has 0 spiro atoms. The Morgan fingerprint density at radius 3 is 2.94 bits per heavy atom. The second kappa shape index (κ2) is 7.06. The number of rotatable bonds is 7. The maximum atomic E-state index is 11.3. The van der Waals surface area contributed by atoms with Crippen LogP contribution in [0.1, 0.15) is 43.0 Å². The highest BCUT2D eigenvalue weighted by atomic mass is 16.5. The van der Waals surface area contributed by atoms with Crippen LogP contribution in [0, 0.1) is 0 Å². The maximum Gasteiger partial charge on any atom is 0.374 e. The number of hydrogen-bond acceptors (Lipinski definition) is 4. The fourth-order valence-electron chi connectivity index (χ4n) is 1.30. The van der Waals surface area contributed by atoms with Gasteiger partial charge in [0.15, 0.2) is 0 Å². The maximum absolute atomic E-state index is 11.3. The first-order valence-corrected chi connectivity index (χ1v) is 5.74. The molecule has 1 heterocycles. The van der Waals surface area contributed by atoms with Gasteiger partial charge in [0.2, 0.25) is 5.76 Å². The van der Waals surface area contributed by atoms with E-state index in [4.69, 9.17) is 9.15 Å². The van der Waals surface area contributed by atoms with Crippen molar-refractivity contribution in [3.63, 3.8) is 0 Å². The summed E-state index contributed by atoms with van der Waals surface area (Å²) >= 11 is 0. The lowest BCUT2D eigenvalue weighted by Crippen LogP contribution is -2.13. The third kappa shape index (κ3) is 4.06. The molecule has 0 aromatic carbocycles. The summed E-state index contributed by atoms with van der Waals surface area (Å²) in [5.74, 6) is 0.635. The molecule has 0 aliphatic rings. The molecular formula is C12H19NO3. The van der Waals surface area contributed by atoms with Crippen molar-refractivity contribution in [2.75, 3.05) is 13.2 Å². The highest BCUT2D eigenvalue weighted by molar-refractivity contribution is 5.86. The third-order valence-corrected chi connectivity index (χ3v) is 2.14. The van der Waals surface area contributed by atoms with Crippen LogP contribution < -0.4 is 5.32 Å². The quantitative estimate of drug-likeness (QED) is 0.571. The third-order valence-electron chi connectivity index (χ3n) is 2.14. The first kappa shape index (κ1) is 12.8. The lowest BCUT2D eigenvalue weighted by molar-refractivity contribution is 0.0488. The molecule has 0 saturated carbocycles. The highest BCUT2D eigenvalue weighted by Crippen LogP contribution is 2.09. The Morgan fingerprint density at radius 1 is 1.44 bits per heavy atom. The van der Waals surface area contributed by atoms with E-state index in [2.05, 4.69) is 12.2 Å². The van der Waals surface area contributed by atoms with Crippen LogP contribution in [0.4, 0.5) is 0 Å². The molecule has 0 aliphatic heterocycles. The SMILES string of the molecule is CCCCNCc1ccc(C(=O)OCC)o1. The van der Waals surface area contributed by atoms with Crippen LogP contribution in [0.15, 0.2) is 16.5 Å². The average molecular weight is 225 g/mol. The van der Waals surface area contributed by atoms with Crippen molar-refractivity contribution in [2.24, 2.45) is 0 Å². The summed E-state index contributed by atoms with van der Waals surface area (Å²) in [4.78, 5) is 11.3. The van der Waals surface area contributed by atoms with Crippen LogP contribution in [0.3, 0.4) is 0 Å². The van der Waals surface area contributed by atoms with Crippen molar-refractivity contribution >= 4 is 5.97 Å². The van der Waals surface area contributed by atoms with Gasteiger partial charge in [-0.15, -0.1) is 0 Å². The zero-order valence-corrected chi connectivity index (χ0v) is 9.91. The van der Waals surface area contributed by atoms with Gasteiger partial charge >= 0.3 is 5.97 Å². The summed E-state index contributed by atoms with van der Waals surface area (Å²) in [6, 6.07) is 3.44. The van der Waals surface area contributed by atoms with Crippen molar-refractivity contribution in [2.45, 2.75) is 33.2 Å². The summed E-state index contributed by atoms with van der Waals surface area (Å²) < 4.78 is 10.2. The molecule has 0 saturated heterocycles. The Balaban J connectivity index is 2.36. The Hall–Kier alpha value is -1.29. The van der Waals surface area contributed by atoms with Gasteiger partial charge in [0.05, 0.1) is 13.2 Å². The first-order chi connectivity index (χ1) is 7.77. The summed E-state index contributed by atoms with van der Waals surface area (Å²) in [6.07, 6.45) is 2.31. The van der Waals surface area contributed by atoms with E-state index in [9.17, 15) is 4.79 Å². The van der Waals surface area contributed by atoms with Gasteiger partial charge in [-0.25, -0.2) is 4.79 Å². The molecule has 1 N–H and O–H groups in total. The van der Waals surface area contributed by atoms with Crippen LogP contribution in [0.25, 0.3) is 0 Å². The molecule has 0 unspecified atom stereocenters. The molecule has 16 heavy (non-hydrogen) atoms. The predicted molar refractivity (Wildman–Crippen MR) is 61.3 cm³/mol. The zero-order valence-electron chi connectivity index (χ0n) is 9.91. The molecule has 90 valence electrons. The highest BCUT2D eigenvalue weighted by Gasteiger charge is 2.11. The molecule has 1 aromatic rings. The average Bonchev–Trinajstić information content (AvgIpc) is 2.73. The lowest BCUT2D eigenvalue weighted by atomic mass is 10.3. The number of carbonyl (C=O) groups is 1. The number of unbranched alkanes of at least 4 members (excludes halogenated alkanes) is 1. The number of nitrogens with one attached hydrogen (secondary N) is 1. The smallest absolute Gasteiger partial charge is 0.374 e. The van der Waals surface area contributed by atoms with Crippen LogP contribution in [0.2, 0.25) is 0 Å². The van der Waals surface area contributed by atoms with Crippen molar-refractivity contribution < 1.29 is 13.9 Å². The van der Waals surface area contributed by atoms with E-state index in [0.717, 1.165) is 18.7 Å². The Bertz CT molecular complexity index is 320. The molecule has 0 radical (unpaired) electrons. The summed E-state index contributed by atoms with van der Waals surface area (Å²) in [5.41, 5.74) is 0. The topological polar surface area (TPSA) is 51.5 Å². The first-order valence-electron chi connectivity index (χ1n) is 5.74. The number of hydrogen-bond donors (Lipinski definition) is 1. The second-order valence-electron chi connectivity index (χ2n) is 3.52. The summed E-state index contributed by atoms with van der Waals surface area (Å²) in [7, 11) is 0. The second-order valence-corrected chi connectivity index (χ2v) is 3.52. The van der Waals surface area contributed by atoms with E-state index in [0.29, 0.717) is 13.2 Å². The minimum Gasteiger partial charge on any atom is -0.460 e. The molecule has 4 heteroatoms. The van der Waals surface area contributed by atoms with Gasteiger partial charge < -0.3 is 14.5 Å². The fraction of sp³-hybridized carbons (Fsp3) is 0.583. The molecule has 0 bridgehead atoms. The van der Waals surface area contributed by atoms with Crippen molar-refractivity contribution in [3.05, 3.63) is 23.7 Å². The van der Waals surface area contributed by atoms with Crippen LogP contribution in [-0.4, -0.2) is 19.1 Å². The molecule has 4 nitrogen and oxygen atoms in total. The number of carbonyl (C=O) groups excluding carboxylic acids is 1. The Kier molecular flexibility index (Phi) is 5.64. The van der Waals surface area contributed by atoms with Crippen LogP contribution in [-0.2, 0) is 11.3 Å². The molecule has 1 aromatic heterocycles. The van der Waals surface area contributed by atoms with Crippen molar-refractivity contribution in [1.29, 1.82) is 0 Å². The van der Waals surface area contributed by atoms with Gasteiger partial charge in [0, 0.05) is 0 Å². The fourth-order valence-corrected chi connectivity index (χ4v) is 1.30. The normalized spacial score (nSPS) is 10.4. The van der Waals surface area contributed by atoms with Crippen LogP contribution in [0.5, 0.6) is 0 Å². The monoisotopic (exact) mass is 225 g/mol. The number of furan rings is 1. The van der Waals surface area contributed by atoms with E-state index in [1.54, 1.807) is 19.1 Å².